The lowest BCUT2D eigenvalue weighted by molar-refractivity contribution is 0.0887. The van der Waals surface area contributed by atoms with E-state index in [9.17, 15) is 5.11 Å². The summed E-state index contributed by atoms with van der Waals surface area (Å²) in [6.45, 7) is 11.0. The fourth-order valence-electron chi connectivity index (χ4n) is 2.86. The molecule has 2 atom stereocenters. The molecule has 1 aliphatic rings. The van der Waals surface area contributed by atoms with Crippen molar-refractivity contribution in [2.75, 3.05) is 26.2 Å². The molecular formula is C16H30N4O. The molecule has 0 aromatic carbocycles. The predicted molar refractivity (Wildman–Crippen MR) is 85.3 cm³/mol. The van der Waals surface area contributed by atoms with Gasteiger partial charge in [-0.2, -0.15) is 5.10 Å². The number of aryl methyl sites for hydroxylation is 1. The van der Waals surface area contributed by atoms with Crippen molar-refractivity contribution in [2.24, 2.45) is 5.92 Å². The first-order chi connectivity index (χ1) is 10.0. The molecule has 0 bridgehead atoms. The molecule has 0 spiro atoms. The molecule has 2 rings (SSSR count). The number of aliphatic hydroxyl groups excluding tert-OH is 1. The fourth-order valence-corrected chi connectivity index (χ4v) is 2.86. The van der Waals surface area contributed by atoms with Crippen molar-refractivity contribution in [3.05, 3.63) is 18.0 Å². The average molecular weight is 294 g/mol. The van der Waals surface area contributed by atoms with Gasteiger partial charge in [0.1, 0.15) is 0 Å². The molecule has 1 aromatic heterocycles. The van der Waals surface area contributed by atoms with Crippen LogP contribution < -0.4 is 5.32 Å². The van der Waals surface area contributed by atoms with Gasteiger partial charge in [-0.05, 0) is 51.3 Å². The number of rotatable bonds is 7. The third-order valence-electron chi connectivity index (χ3n) is 4.27. The van der Waals surface area contributed by atoms with E-state index in [-0.39, 0.29) is 6.10 Å². The molecule has 5 nitrogen and oxygen atoms in total. The number of hydrogen-bond donors (Lipinski definition) is 2. The molecule has 0 aliphatic carbocycles. The summed E-state index contributed by atoms with van der Waals surface area (Å²) >= 11 is 0. The maximum atomic E-state index is 10.2. The Morgan fingerprint density at radius 3 is 2.71 bits per heavy atom. The van der Waals surface area contributed by atoms with Crippen LogP contribution in [0, 0.1) is 12.8 Å². The van der Waals surface area contributed by atoms with E-state index in [0.29, 0.717) is 12.6 Å². The lowest BCUT2D eigenvalue weighted by Crippen LogP contribution is -2.44. The van der Waals surface area contributed by atoms with Crippen LogP contribution in [0.3, 0.4) is 0 Å². The van der Waals surface area contributed by atoms with Gasteiger partial charge < -0.3 is 15.3 Å². The van der Waals surface area contributed by atoms with Crippen LogP contribution >= 0.6 is 0 Å². The first-order valence-corrected chi connectivity index (χ1v) is 8.16. The van der Waals surface area contributed by atoms with Crippen molar-refractivity contribution in [1.29, 1.82) is 0 Å². The number of piperidine rings is 1. The maximum absolute atomic E-state index is 10.2. The van der Waals surface area contributed by atoms with Crippen molar-refractivity contribution in [2.45, 2.75) is 52.3 Å². The first kappa shape index (κ1) is 16.5. The van der Waals surface area contributed by atoms with E-state index in [2.05, 4.69) is 29.2 Å². The Bertz CT molecular complexity index is 412. The molecule has 0 radical (unpaired) electrons. The number of aromatic nitrogens is 2. The summed E-state index contributed by atoms with van der Waals surface area (Å²) in [5.74, 6) is 0.842. The molecular weight excluding hydrogens is 264 g/mol. The Balaban J connectivity index is 1.62. The quantitative estimate of drug-likeness (QED) is 0.795. The second-order valence-corrected chi connectivity index (χ2v) is 6.69. The van der Waals surface area contributed by atoms with E-state index in [4.69, 9.17) is 0 Å². The highest BCUT2D eigenvalue weighted by molar-refractivity contribution is 4.99. The summed E-state index contributed by atoms with van der Waals surface area (Å²) in [5.41, 5.74) is 1.18. The van der Waals surface area contributed by atoms with Gasteiger partial charge in [-0.25, -0.2) is 0 Å². The average Bonchev–Trinajstić information content (AvgIpc) is 2.84. The van der Waals surface area contributed by atoms with Crippen molar-refractivity contribution in [1.82, 2.24) is 20.0 Å². The summed E-state index contributed by atoms with van der Waals surface area (Å²) in [4.78, 5) is 2.38. The predicted octanol–water partition coefficient (Wildman–Crippen LogP) is 1.26. The van der Waals surface area contributed by atoms with Crippen molar-refractivity contribution >= 4 is 0 Å². The second-order valence-electron chi connectivity index (χ2n) is 6.69. The molecule has 1 aliphatic heterocycles. The number of likely N-dealkylation sites (tertiary alicyclic amines) is 1. The zero-order valence-corrected chi connectivity index (χ0v) is 13.6. The summed E-state index contributed by atoms with van der Waals surface area (Å²) < 4.78 is 1.95. The van der Waals surface area contributed by atoms with Crippen molar-refractivity contribution in [3.63, 3.8) is 0 Å². The fraction of sp³-hybridized carbons (Fsp3) is 0.812. The van der Waals surface area contributed by atoms with Crippen LogP contribution in [0.15, 0.2) is 12.4 Å². The van der Waals surface area contributed by atoms with Gasteiger partial charge in [0.25, 0.3) is 0 Å². The molecule has 120 valence electrons. The first-order valence-electron chi connectivity index (χ1n) is 8.16. The monoisotopic (exact) mass is 294 g/mol. The highest BCUT2D eigenvalue weighted by Crippen LogP contribution is 2.15. The van der Waals surface area contributed by atoms with Gasteiger partial charge in [-0.3, -0.25) is 4.68 Å². The number of β-amino-alcohol motifs (C(OH)–C–C–N with tert-alkyl or cyclic N) is 1. The van der Waals surface area contributed by atoms with E-state index in [1.54, 1.807) is 0 Å². The van der Waals surface area contributed by atoms with Gasteiger partial charge in [0.05, 0.1) is 18.8 Å². The lowest BCUT2D eigenvalue weighted by Gasteiger charge is -2.32. The van der Waals surface area contributed by atoms with Crippen LogP contribution in [0.4, 0.5) is 0 Å². The molecule has 1 aromatic rings. The van der Waals surface area contributed by atoms with Crippen LogP contribution in [-0.2, 0) is 6.54 Å². The van der Waals surface area contributed by atoms with Gasteiger partial charge in [-0.15, -0.1) is 0 Å². The van der Waals surface area contributed by atoms with E-state index < -0.39 is 0 Å². The molecule has 0 amide bonds. The molecule has 1 saturated heterocycles. The van der Waals surface area contributed by atoms with Crippen LogP contribution in [0.25, 0.3) is 0 Å². The largest absolute Gasteiger partial charge is 0.390 e. The van der Waals surface area contributed by atoms with Gasteiger partial charge in [0, 0.05) is 25.3 Å². The number of nitrogens with zero attached hydrogens (tertiary/aromatic N) is 3. The maximum Gasteiger partial charge on any atom is 0.0791 e. The van der Waals surface area contributed by atoms with Gasteiger partial charge >= 0.3 is 0 Å². The van der Waals surface area contributed by atoms with Crippen molar-refractivity contribution < 1.29 is 5.11 Å². The van der Waals surface area contributed by atoms with Gasteiger partial charge in [0.15, 0.2) is 0 Å². The standard InChI is InChI=1S/C16H30N4O/c1-13-4-6-19(7-5-13)12-16(21)9-17-15(3)11-20-10-14(2)8-18-20/h8,10,13,15-17,21H,4-7,9,11-12H2,1-3H3/t15-,16+/m1/s1. The van der Waals surface area contributed by atoms with Crippen LogP contribution in [0.1, 0.15) is 32.3 Å². The van der Waals surface area contributed by atoms with Gasteiger partial charge in [-0.1, -0.05) is 6.92 Å². The highest BCUT2D eigenvalue weighted by Gasteiger charge is 2.18. The van der Waals surface area contributed by atoms with E-state index in [0.717, 1.165) is 32.1 Å². The zero-order valence-electron chi connectivity index (χ0n) is 13.6. The molecule has 0 saturated carbocycles. The smallest absolute Gasteiger partial charge is 0.0791 e. The minimum absolute atomic E-state index is 0.291. The van der Waals surface area contributed by atoms with E-state index in [1.807, 2.05) is 24.0 Å². The van der Waals surface area contributed by atoms with Crippen molar-refractivity contribution in [3.8, 4) is 0 Å². The van der Waals surface area contributed by atoms with Crippen LogP contribution in [0.2, 0.25) is 0 Å². The summed E-state index contributed by atoms with van der Waals surface area (Å²) in [5, 5.41) is 17.9. The SMILES string of the molecule is Cc1cnn(C[C@@H](C)NC[C@H](O)CN2CCC(C)CC2)c1. The summed E-state index contributed by atoms with van der Waals surface area (Å²) in [6.07, 6.45) is 6.15. The number of hydrogen-bond acceptors (Lipinski definition) is 4. The molecule has 0 unspecified atom stereocenters. The minimum atomic E-state index is -0.291. The topological polar surface area (TPSA) is 53.3 Å². The second kappa shape index (κ2) is 7.92. The summed E-state index contributed by atoms with van der Waals surface area (Å²) in [7, 11) is 0. The van der Waals surface area contributed by atoms with E-state index in [1.165, 1.54) is 18.4 Å². The lowest BCUT2D eigenvalue weighted by atomic mass is 9.99. The Morgan fingerprint density at radius 1 is 1.38 bits per heavy atom. The zero-order chi connectivity index (χ0) is 15.2. The van der Waals surface area contributed by atoms with Crippen LogP contribution in [-0.4, -0.2) is 58.1 Å². The summed E-state index contributed by atoms with van der Waals surface area (Å²) in [6, 6.07) is 0.306. The normalized spacial score (nSPS) is 20.6. The Morgan fingerprint density at radius 2 is 2.10 bits per heavy atom. The van der Waals surface area contributed by atoms with E-state index >= 15 is 0 Å². The Hall–Kier alpha value is -0.910. The molecule has 21 heavy (non-hydrogen) atoms. The number of nitrogens with one attached hydrogen (secondary N) is 1. The number of aliphatic hydroxyl groups is 1. The van der Waals surface area contributed by atoms with Gasteiger partial charge in [0.2, 0.25) is 0 Å². The molecule has 2 N–H and O–H groups in total. The minimum Gasteiger partial charge on any atom is -0.390 e. The Labute approximate surface area is 128 Å². The molecule has 2 heterocycles. The Kier molecular flexibility index (Phi) is 6.21. The highest BCUT2D eigenvalue weighted by atomic mass is 16.3. The molecule has 5 heteroatoms. The third-order valence-corrected chi connectivity index (χ3v) is 4.27. The molecule has 1 fully saturated rings. The van der Waals surface area contributed by atoms with Crippen LogP contribution in [0.5, 0.6) is 0 Å². The third kappa shape index (κ3) is 5.77.